The molecule has 2 aromatic rings. The Morgan fingerprint density at radius 3 is 2.90 bits per heavy atom. The zero-order chi connectivity index (χ0) is 14.4. The molecule has 0 saturated heterocycles. The molecule has 1 amide bonds. The molecule has 0 aliphatic heterocycles. The van der Waals surface area contributed by atoms with E-state index in [-0.39, 0.29) is 18.5 Å². The second kappa shape index (κ2) is 6.77. The largest absolute Gasteiger partial charge is 0.497 e. The quantitative estimate of drug-likeness (QED) is 0.849. The van der Waals surface area contributed by atoms with Gasteiger partial charge in [-0.2, -0.15) is 0 Å². The average Bonchev–Trinajstić information content (AvgIpc) is 2.99. The van der Waals surface area contributed by atoms with E-state index in [2.05, 4.69) is 10.6 Å². The predicted octanol–water partition coefficient (Wildman–Crippen LogP) is 2.58. The van der Waals surface area contributed by atoms with Crippen LogP contribution in [-0.2, 0) is 4.79 Å². The van der Waals surface area contributed by atoms with E-state index in [0.29, 0.717) is 11.4 Å². The normalized spacial score (nSPS) is 11.9. The van der Waals surface area contributed by atoms with Gasteiger partial charge in [-0.1, -0.05) is 6.07 Å². The van der Waals surface area contributed by atoms with Crippen molar-refractivity contribution in [2.24, 2.45) is 0 Å². The van der Waals surface area contributed by atoms with Crippen LogP contribution in [0.25, 0.3) is 0 Å². The molecule has 20 heavy (non-hydrogen) atoms. The number of furan rings is 1. The SMILES string of the molecule is COc1cccc(NC(=O)CN[C@@H](C)c2ccco2)c1. The number of rotatable bonds is 6. The zero-order valence-electron chi connectivity index (χ0n) is 11.6. The molecule has 0 saturated carbocycles. The Labute approximate surface area is 117 Å². The lowest BCUT2D eigenvalue weighted by molar-refractivity contribution is -0.115. The number of methoxy groups -OCH3 is 1. The van der Waals surface area contributed by atoms with Crippen LogP contribution in [0.1, 0.15) is 18.7 Å². The molecule has 0 radical (unpaired) electrons. The molecule has 1 atom stereocenters. The summed E-state index contributed by atoms with van der Waals surface area (Å²) >= 11 is 0. The number of hydrogen-bond acceptors (Lipinski definition) is 4. The lowest BCUT2D eigenvalue weighted by atomic mass is 10.2. The average molecular weight is 274 g/mol. The molecule has 1 heterocycles. The first kappa shape index (κ1) is 14.1. The smallest absolute Gasteiger partial charge is 0.238 e. The molecule has 2 N–H and O–H groups in total. The molecule has 5 heteroatoms. The highest BCUT2D eigenvalue weighted by Gasteiger charge is 2.10. The molecule has 5 nitrogen and oxygen atoms in total. The first-order chi connectivity index (χ1) is 9.69. The molecule has 0 fully saturated rings. The van der Waals surface area contributed by atoms with Gasteiger partial charge in [0.1, 0.15) is 11.5 Å². The number of nitrogens with one attached hydrogen (secondary N) is 2. The summed E-state index contributed by atoms with van der Waals surface area (Å²) in [7, 11) is 1.59. The maximum absolute atomic E-state index is 11.8. The molecule has 0 bridgehead atoms. The van der Waals surface area contributed by atoms with E-state index in [9.17, 15) is 4.79 Å². The summed E-state index contributed by atoms with van der Waals surface area (Å²) in [4.78, 5) is 11.8. The van der Waals surface area contributed by atoms with Crippen LogP contribution in [0.15, 0.2) is 47.1 Å². The van der Waals surface area contributed by atoms with E-state index in [1.807, 2.05) is 37.3 Å². The van der Waals surface area contributed by atoms with Crippen molar-refractivity contribution >= 4 is 11.6 Å². The van der Waals surface area contributed by atoms with E-state index >= 15 is 0 Å². The Morgan fingerprint density at radius 1 is 1.35 bits per heavy atom. The first-order valence-corrected chi connectivity index (χ1v) is 6.39. The second-order valence-electron chi connectivity index (χ2n) is 4.40. The van der Waals surface area contributed by atoms with Gasteiger partial charge in [0, 0.05) is 11.8 Å². The Bertz CT molecular complexity index is 552. The molecular formula is C15H18N2O3. The van der Waals surface area contributed by atoms with Crippen LogP contribution < -0.4 is 15.4 Å². The molecule has 1 aromatic carbocycles. The van der Waals surface area contributed by atoms with E-state index in [4.69, 9.17) is 9.15 Å². The summed E-state index contributed by atoms with van der Waals surface area (Å²) in [5.74, 6) is 1.40. The summed E-state index contributed by atoms with van der Waals surface area (Å²) in [6.07, 6.45) is 1.61. The van der Waals surface area contributed by atoms with Crippen molar-refractivity contribution in [2.75, 3.05) is 19.0 Å². The highest BCUT2D eigenvalue weighted by molar-refractivity contribution is 5.92. The van der Waals surface area contributed by atoms with E-state index in [1.165, 1.54) is 0 Å². The molecule has 106 valence electrons. The molecular weight excluding hydrogens is 256 g/mol. The van der Waals surface area contributed by atoms with Gasteiger partial charge in [0.05, 0.1) is 26.0 Å². The van der Waals surface area contributed by atoms with Crippen LogP contribution in [0, 0.1) is 0 Å². The number of benzene rings is 1. The fraction of sp³-hybridized carbons (Fsp3) is 0.267. The lowest BCUT2D eigenvalue weighted by Crippen LogP contribution is -2.29. The van der Waals surface area contributed by atoms with E-state index < -0.39 is 0 Å². The molecule has 2 rings (SSSR count). The minimum Gasteiger partial charge on any atom is -0.497 e. The molecule has 0 aliphatic rings. The van der Waals surface area contributed by atoms with Crippen molar-refractivity contribution < 1.29 is 13.9 Å². The van der Waals surface area contributed by atoms with E-state index in [1.54, 1.807) is 19.4 Å². The summed E-state index contributed by atoms with van der Waals surface area (Å²) in [6.45, 7) is 2.15. The van der Waals surface area contributed by atoms with Crippen molar-refractivity contribution in [3.05, 3.63) is 48.4 Å². The topological polar surface area (TPSA) is 63.5 Å². The molecule has 0 spiro atoms. The fourth-order valence-corrected chi connectivity index (χ4v) is 1.79. The van der Waals surface area contributed by atoms with Gasteiger partial charge in [-0.05, 0) is 31.2 Å². The molecule has 1 aromatic heterocycles. The van der Waals surface area contributed by atoms with Gasteiger partial charge in [-0.3, -0.25) is 10.1 Å². The van der Waals surface area contributed by atoms with Gasteiger partial charge in [-0.25, -0.2) is 0 Å². The Hall–Kier alpha value is -2.27. The maximum Gasteiger partial charge on any atom is 0.238 e. The van der Waals surface area contributed by atoms with E-state index in [0.717, 1.165) is 5.76 Å². The standard InChI is InChI=1S/C15H18N2O3/c1-11(14-7-4-8-20-14)16-10-15(18)17-12-5-3-6-13(9-12)19-2/h3-9,11,16H,10H2,1-2H3,(H,17,18)/t11-/m0/s1. The summed E-state index contributed by atoms with van der Waals surface area (Å²) < 4.78 is 10.4. The highest BCUT2D eigenvalue weighted by Crippen LogP contribution is 2.16. The minimum absolute atomic E-state index is 0.0129. The third-order valence-electron chi connectivity index (χ3n) is 2.89. The van der Waals surface area contributed by atoms with Crippen molar-refractivity contribution in [2.45, 2.75) is 13.0 Å². The number of hydrogen-bond donors (Lipinski definition) is 2. The third kappa shape index (κ3) is 3.86. The molecule has 0 unspecified atom stereocenters. The molecule has 0 aliphatic carbocycles. The van der Waals surface area contributed by atoms with Gasteiger partial charge in [0.2, 0.25) is 5.91 Å². The minimum atomic E-state index is -0.114. The van der Waals surface area contributed by atoms with Crippen molar-refractivity contribution in [1.82, 2.24) is 5.32 Å². The number of anilines is 1. The van der Waals surface area contributed by atoms with Crippen LogP contribution >= 0.6 is 0 Å². The van der Waals surface area contributed by atoms with Gasteiger partial charge in [0.25, 0.3) is 0 Å². The first-order valence-electron chi connectivity index (χ1n) is 6.39. The monoisotopic (exact) mass is 274 g/mol. The number of carbonyl (C=O) groups excluding carboxylic acids is 1. The van der Waals surface area contributed by atoms with Crippen LogP contribution in [0.4, 0.5) is 5.69 Å². The van der Waals surface area contributed by atoms with Crippen molar-refractivity contribution in [1.29, 1.82) is 0 Å². The fourth-order valence-electron chi connectivity index (χ4n) is 1.79. The lowest BCUT2D eigenvalue weighted by Gasteiger charge is -2.11. The van der Waals surface area contributed by atoms with Crippen LogP contribution in [-0.4, -0.2) is 19.6 Å². The Balaban J connectivity index is 1.83. The predicted molar refractivity (Wildman–Crippen MR) is 76.7 cm³/mol. The summed E-state index contributed by atoms with van der Waals surface area (Å²) in [5, 5.41) is 5.90. The van der Waals surface area contributed by atoms with Crippen LogP contribution in [0.2, 0.25) is 0 Å². The van der Waals surface area contributed by atoms with Crippen LogP contribution in [0.5, 0.6) is 5.75 Å². The highest BCUT2D eigenvalue weighted by atomic mass is 16.5. The van der Waals surface area contributed by atoms with Gasteiger partial charge in [-0.15, -0.1) is 0 Å². The van der Waals surface area contributed by atoms with Crippen molar-refractivity contribution in [3.63, 3.8) is 0 Å². The summed E-state index contributed by atoms with van der Waals surface area (Å²) in [5.41, 5.74) is 0.710. The van der Waals surface area contributed by atoms with Gasteiger partial charge < -0.3 is 14.5 Å². The Morgan fingerprint density at radius 2 is 2.20 bits per heavy atom. The second-order valence-corrected chi connectivity index (χ2v) is 4.40. The van der Waals surface area contributed by atoms with Crippen LogP contribution in [0.3, 0.4) is 0 Å². The zero-order valence-corrected chi connectivity index (χ0v) is 11.6. The third-order valence-corrected chi connectivity index (χ3v) is 2.89. The maximum atomic E-state index is 11.8. The van der Waals surface area contributed by atoms with Crippen molar-refractivity contribution in [3.8, 4) is 5.75 Å². The summed E-state index contributed by atoms with van der Waals surface area (Å²) in [6, 6.07) is 10.9. The number of amides is 1. The Kier molecular flexibility index (Phi) is 4.79. The number of ether oxygens (including phenoxy) is 1. The van der Waals surface area contributed by atoms with Gasteiger partial charge in [0.15, 0.2) is 0 Å². The van der Waals surface area contributed by atoms with Gasteiger partial charge >= 0.3 is 0 Å². The number of carbonyl (C=O) groups is 1.